The first-order valence-electron chi connectivity index (χ1n) is 2.92. The third-order valence-electron chi connectivity index (χ3n) is 0.609. The van der Waals surface area contributed by atoms with E-state index in [-0.39, 0.29) is 0 Å². The molecule has 3 nitrogen and oxygen atoms in total. The summed E-state index contributed by atoms with van der Waals surface area (Å²) in [7, 11) is -5.84. The largest absolute Gasteiger partial charge is 0.522 e. The van der Waals surface area contributed by atoms with Crippen molar-refractivity contribution in [2.75, 3.05) is 11.5 Å². The highest BCUT2D eigenvalue weighted by Gasteiger charge is 2.44. The highest BCUT2D eigenvalue weighted by atomic mass is 32.2. The topological polar surface area (TPSA) is 54.4 Å². The zero-order chi connectivity index (χ0) is 11.1. The van der Waals surface area contributed by atoms with Crippen molar-refractivity contribution >= 4 is 35.4 Å². The van der Waals surface area contributed by atoms with Crippen LogP contribution in [0.1, 0.15) is 6.42 Å². The predicted molar refractivity (Wildman–Crippen MR) is 49.9 cm³/mol. The van der Waals surface area contributed by atoms with Crippen molar-refractivity contribution in [1.29, 1.82) is 0 Å². The predicted octanol–water partition coefficient (Wildman–Crippen LogP) is 1.63. The van der Waals surface area contributed by atoms with Crippen LogP contribution in [0.15, 0.2) is 0 Å². The molecule has 0 rings (SSSR count). The van der Waals surface area contributed by atoms with Crippen LogP contribution in [0.3, 0.4) is 0 Å². The maximum Gasteiger partial charge on any atom is 0.522 e. The minimum Gasteiger partial charge on any atom is -0.279 e. The molecule has 0 unspecified atom stereocenters. The third kappa shape index (κ3) is 10.3. The highest BCUT2D eigenvalue weighted by Crippen LogP contribution is 2.20. The molecule has 0 aliphatic carbocycles. The molecule has 0 fully saturated rings. The number of thiol groups is 2. The second-order valence-corrected chi connectivity index (χ2v) is 4.03. The monoisotopic (exact) mass is 258 g/mol. The lowest BCUT2D eigenvalue weighted by Gasteiger charge is -1.97. The second kappa shape index (κ2) is 6.80. The SMILES string of the molecule is O=S(=O)(O)C(F)(F)F.SCCCS. The van der Waals surface area contributed by atoms with Crippen LogP contribution >= 0.6 is 25.3 Å². The van der Waals surface area contributed by atoms with Crippen LogP contribution in [-0.2, 0) is 10.1 Å². The molecule has 0 spiro atoms. The van der Waals surface area contributed by atoms with Crippen LogP contribution < -0.4 is 0 Å². The number of hydrogen-bond donors (Lipinski definition) is 3. The molecule has 0 aromatic carbocycles. The van der Waals surface area contributed by atoms with Crippen molar-refractivity contribution in [2.45, 2.75) is 11.9 Å². The molecule has 13 heavy (non-hydrogen) atoms. The van der Waals surface area contributed by atoms with Crippen molar-refractivity contribution < 1.29 is 26.1 Å². The van der Waals surface area contributed by atoms with Crippen LogP contribution in [0.25, 0.3) is 0 Å². The van der Waals surface area contributed by atoms with Gasteiger partial charge in [-0.15, -0.1) is 0 Å². The molecule has 0 saturated heterocycles. The van der Waals surface area contributed by atoms with Crippen LogP contribution in [0, 0.1) is 0 Å². The fraction of sp³-hybridized carbons (Fsp3) is 1.00. The molecular formula is C4H9F3O3S3. The summed E-state index contributed by atoms with van der Waals surface area (Å²) in [5.74, 6) is 1.92. The third-order valence-corrected chi connectivity index (χ3v) is 1.83. The maximum absolute atomic E-state index is 10.7. The van der Waals surface area contributed by atoms with Gasteiger partial charge < -0.3 is 0 Å². The van der Waals surface area contributed by atoms with Crippen LogP contribution in [0.5, 0.6) is 0 Å². The fourth-order valence-corrected chi connectivity index (χ4v) is 0.636. The molecule has 0 heterocycles. The lowest BCUT2D eigenvalue weighted by atomic mass is 10.6. The first kappa shape index (κ1) is 15.9. The van der Waals surface area contributed by atoms with Crippen LogP contribution in [-0.4, -0.2) is 30.0 Å². The van der Waals surface area contributed by atoms with Crippen molar-refractivity contribution in [3.05, 3.63) is 0 Å². The van der Waals surface area contributed by atoms with Gasteiger partial charge in [-0.1, -0.05) is 0 Å². The van der Waals surface area contributed by atoms with E-state index in [4.69, 9.17) is 13.0 Å². The molecule has 0 radical (unpaired) electrons. The summed E-state index contributed by atoms with van der Waals surface area (Å²) in [6.07, 6.45) is 1.12. The van der Waals surface area contributed by atoms with E-state index in [1.165, 1.54) is 0 Å². The van der Waals surface area contributed by atoms with E-state index in [0.29, 0.717) is 0 Å². The van der Waals surface area contributed by atoms with Crippen LogP contribution in [0.4, 0.5) is 13.2 Å². The summed E-state index contributed by atoms with van der Waals surface area (Å²) in [5, 5.41) is 0. The number of halogens is 3. The summed E-state index contributed by atoms with van der Waals surface area (Å²) in [6.45, 7) is 0. The smallest absolute Gasteiger partial charge is 0.279 e. The zero-order valence-electron chi connectivity index (χ0n) is 6.32. The number of alkyl halides is 3. The molecule has 0 bridgehead atoms. The van der Waals surface area contributed by atoms with Crippen molar-refractivity contribution in [3.63, 3.8) is 0 Å². The Hall–Kier alpha value is 0.400. The Labute approximate surface area is 85.3 Å². The Morgan fingerprint density at radius 3 is 1.38 bits per heavy atom. The Morgan fingerprint density at radius 1 is 1.15 bits per heavy atom. The van der Waals surface area contributed by atoms with Gasteiger partial charge in [0.1, 0.15) is 0 Å². The minimum absolute atomic E-state index is 0.962. The number of rotatable bonds is 2. The lowest BCUT2D eigenvalue weighted by molar-refractivity contribution is -0.0510. The lowest BCUT2D eigenvalue weighted by Crippen LogP contribution is -2.21. The Kier molecular flexibility index (Phi) is 8.29. The summed E-state index contributed by atoms with van der Waals surface area (Å²) < 4.78 is 57.5. The van der Waals surface area contributed by atoms with Gasteiger partial charge in [0.25, 0.3) is 0 Å². The van der Waals surface area contributed by atoms with E-state index in [1.54, 1.807) is 0 Å². The van der Waals surface area contributed by atoms with Crippen LogP contribution in [0.2, 0.25) is 0 Å². The molecular weight excluding hydrogens is 249 g/mol. The average molecular weight is 258 g/mol. The summed E-state index contributed by atoms with van der Waals surface area (Å²) in [4.78, 5) is 0. The first-order chi connectivity index (χ1) is 5.66. The molecule has 0 aromatic heterocycles. The van der Waals surface area contributed by atoms with E-state index in [0.717, 1.165) is 17.9 Å². The van der Waals surface area contributed by atoms with Gasteiger partial charge in [-0.2, -0.15) is 46.8 Å². The molecule has 0 aliphatic heterocycles. The normalized spacial score (nSPS) is 11.8. The molecule has 0 amide bonds. The number of hydrogen-bond acceptors (Lipinski definition) is 4. The Balaban J connectivity index is 0. The zero-order valence-corrected chi connectivity index (χ0v) is 8.93. The van der Waals surface area contributed by atoms with E-state index in [2.05, 4.69) is 25.3 Å². The highest BCUT2D eigenvalue weighted by molar-refractivity contribution is 7.86. The molecule has 0 atom stereocenters. The van der Waals surface area contributed by atoms with Gasteiger partial charge in [0.15, 0.2) is 0 Å². The first-order valence-corrected chi connectivity index (χ1v) is 5.62. The fourth-order valence-electron chi connectivity index (χ4n) is 0.0707. The molecule has 9 heteroatoms. The quantitative estimate of drug-likeness (QED) is 0.401. The van der Waals surface area contributed by atoms with Gasteiger partial charge in [-0.25, -0.2) is 0 Å². The van der Waals surface area contributed by atoms with Crippen molar-refractivity contribution in [2.24, 2.45) is 0 Å². The summed E-state index contributed by atoms with van der Waals surface area (Å²) in [5.41, 5.74) is -5.53. The molecule has 0 aliphatic rings. The van der Waals surface area contributed by atoms with Crippen molar-refractivity contribution in [3.8, 4) is 0 Å². The molecule has 0 aromatic rings. The summed E-state index contributed by atoms with van der Waals surface area (Å²) in [6, 6.07) is 0. The van der Waals surface area contributed by atoms with Gasteiger partial charge in [-0.3, -0.25) is 4.55 Å². The van der Waals surface area contributed by atoms with Gasteiger partial charge in [0.2, 0.25) is 0 Å². The summed E-state index contributed by atoms with van der Waals surface area (Å²) >= 11 is 7.90. The van der Waals surface area contributed by atoms with E-state index in [1.807, 2.05) is 0 Å². The Morgan fingerprint density at radius 2 is 1.38 bits per heavy atom. The average Bonchev–Trinajstić information content (AvgIpc) is 1.85. The van der Waals surface area contributed by atoms with Gasteiger partial charge in [-0.05, 0) is 17.9 Å². The molecule has 82 valence electrons. The molecule has 1 N–H and O–H groups in total. The van der Waals surface area contributed by atoms with E-state index >= 15 is 0 Å². The van der Waals surface area contributed by atoms with Gasteiger partial charge >= 0.3 is 15.6 Å². The van der Waals surface area contributed by atoms with E-state index < -0.39 is 15.6 Å². The van der Waals surface area contributed by atoms with Crippen molar-refractivity contribution in [1.82, 2.24) is 0 Å². The van der Waals surface area contributed by atoms with Gasteiger partial charge in [0, 0.05) is 0 Å². The second-order valence-electron chi connectivity index (χ2n) is 1.72. The Bertz CT molecular complexity index is 208. The molecule has 0 saturated carbocycles. The van der Waals surface area contributed by atoms with E-state index in [9.17, 15) is 13.2 Å². The van der Waals surface area contributed by atoms with Gasteiger partial charge in [0.05, 0.1) is 0 Å². The minimum atomic E-state index is -5.84. The maximum atomic E-state index is 10.7. The standard InChI is InChI=1S/C3H8S2.CHF3O3S/c4-2-1-3-5;2-1(3,4)8(5,6)7/h4-5H,1-3H2;(H,5,6,7).